The highest BCUT2D eigenvalue weighted by molar-refractivity contribution is 7.15. The maximum atomic E-state index is 12.5. The van der Waals surface area contributed by atoms with E-state index in [2.05, 4.69) is 4.98 Å². The van der Waals surface area contributed by atoms with E-state index in [0.29, 0.717) is 6.54 Å². The second-order valence-electron chi connectivity index (χ2n) is 5.55. The van der Waals surface area contributed by atoms with E-state index in [4.69, 9.17) is 0 Å². The van der Waals surface area contributed by atoms with E-state index in [1.54, 1.807) is 27.9 Å². The molecule has 0 aliphatic heterocycles. The zero-order chi connectivity index (χ0) is 16.7. The lowest BCUT2D eigenvalue weighted by Crippen LogP contribution is -2.33. The van der Waals surface area contributed by atoms with Crippen LogP contribution in [0, 0.1) is 20.8 Å². The molecule has 6 nitrogen and oxygen atoms in total. The van der Waals surface area contributed by atoms with E-state index in [9.17, 15) is 9.59 Å². The molecule has 3 aromatic heterocycles. The third kappa shape index (κ3) is 2.84. The highest BCUT2D eigenvalue weighted by Crippen LogP contribution is 2.18. The first-order valence-corrected chi connectivity index (χ1v) is 8.90. The predicted octanol–water partition coefficient (Wildman–Crippen LogP) is 2.20. The number of thiazole rings is 2. The summed E-state index contributed by atoms with van der Waals surface area (Å²) in [4.78, 5) is 32.4. The Morgan fingerprint density at radius 1 is 1.35 bits per heavy atom. The summed E-state index contributed by atoms with van der Waals surface area (Å²) < 4.78 is 3.55. The molecule has 0 aliphatic carbocycles. The van der Waals surface area contributed by atoms with Gasteiger partial charge in [0.25, 0.3) is 0 Å². The third-order valence-electron chi connectivity index (χ3n) is 4.04. The number of carbonyl (C=O) groups excluding carboxylic acids is 1. The predicted molar refractivity (Wildman–Crippen MR) is 92.3 cm³/mol. The second-order valence-corrected chi connectivity index (χ2v) is 7.58. The topological polar surface area (TPSA) is 59.6 Å². The maximum absolute atomic E-state index is 12.5. The molecule has 122 valence electrons. The van der Waals surface area contributed by atoms with Crippen molar-refractivity contribution in [3.8, 4) is 0 Å². The van der Waals surface area contributed by atoms with Gasteiger partial charge in [0, 0.05) is 29.2 Å². The molecule has 8 heteroatoms. The van der Waals surface area contributed by atoms with Gasteiger partial charge in [0.1, 0.15) is 6.54 Å². The van der Waals surface area contributed by atoms with Crippen LogP contribution in [-0.2, 0) is 17.9 Å². The fourth-order valence-electron chi connectivity index (χ4n) is 2.47. The Balaban J connectivity index is 1.79. The quantitative estimate of drug-likeness (QED) is 0.725. The summed E-state index contributed by atoms with van der Waals surface area (Å²) >= 11 is 2.76. The van der Waals surface area contributed by atoms with Gasteiger partial charge in [0.05, 0.1) is 17.9 Å². The summed E-state index contributed by atoms with van der Waals surface area (Å²) in [6, 6.07) is 0. The van der Waals surface area contributed by atoms with Gasteiger partial charge in [0.2, 0.25) is 5.91 Å². The molecular formula is C15H18N4O2S2. The van der Waals surface area contributed by atoms with Gasteiger partial charge in [-0.3, -0.25) is 18.6 Å². The zero-order valence-electron chi connectivity index (χ0n) is 13.5. The second kappa shape index (κ2) is 5.93. The SMILES string of the molecule is Cc1nc2sccn2c1CN(C)C(=O)Cn1c(C)c(C)sc1=O. The number of aromatic nitrogens is 3. The molecular weight excluding hydrogens is 332 g/mol. The molecule has 1 amide bonds. The Labute approximate surface area is 141 Å². The number of likely N-dealkylation sites (N-methyl/N-ethyl adjacent to an activating group) is 1. The molecule has 3 aromatic rings. The molecule has 3 rings (SSSR count). The molecule has 0 aromatic carbocycles. The lowest BCUT2D eigenvalue weighted by Gasteiger charge is -2.18. The maximum Gasteiger partial charge on any atom is 0.308 e. The standard InChI is InChI=1S/C15H18N4O2S2/c1-9-12(18-5-6-22-14(18)16-9)7-17(4)13(20)8-19-10(2)11(3)23-15(19)21/h5-6H,7-8H2,1-4H3. The number of carbonyl (C=O) groups is 1. The van der Waals surface area contributed by atoms with Gasteiger partial charge in [0.15, 0.2) is 4.96 Å². The van der Waals surface area contributed by atoms with E-state index in [-0.39, 0.29) is 17.3 Å². The smallest absolute Gasteiger partial charge is 0.308 e. The number of imidazole rings is 1. The van der Waals surface area contributed by atoms with Crippen LogP contribution in [0.3, 0.4) is 0 Å². The van der Waals surface area contributed by atoms with Gasteiger partial charge >= 0.3 is 4.87 Å². The highest BCUT2D eigenvalue weighted by atomic mass is 32.1. The number of hydrogen-bond donors (Lipinski definition) is 0. The van der Waals surface area contributed by atoms with Crippen LogP contribution in [0.4, 0.5) is 0 Å². The fourth-order valence-corrected chi connectivity index (χ4v) is 4.08. The summed E-state index contributed by atoms with van der Waals surface area (Å²) in [7, 11) is 1.76. The van der Waals surface area contributed by atoms with Gasteiger partial charge in [-0.1, -0.05) is 11.3 Å². The van der Waals surface area contributed by atoms with Crippen molar-refractivity contribution >= 4 is 33.5 Å². The molecule has 0 radical (unpaired) electrons. The molecule has 0 aliphatic rings. The number of amides is 1. The first-order chi connectivity index (χ1) is 10.9. The Kier molecular flexibility index (Phi) is 4.11. The lowest BCUT2D eigenvalue weighted by atomic mass is 10.3. The van der Waals surface area contributed by atoms with E-state index in [1.165, 1.54) is 11.3 Å². The minimum absolute atomic E-state index is 0.0795. The first kappa shape index (κ1) is 15.9. The number of nitrogens with zero attached hydrogens (tertiary/aromatic N) is 4. The van der Waals surface area contributed by atoms with Crippen molar-refractivity contribution in [3.05, 3.63) is 43.2 Å². The normalized spacial score (nSPS) is 11.3. The average Bonchev–Trinajstić information content (AvgIpc) is 3.12. The molecule has 0 N–H and O–H groups in total. The minimum atomic E-state index is -0.0856. The van der Waals surface area contributed by atoms with Crippen molar-refractivity contribution < 1.29 is 4.79 Å². The van der Waals surface area contributed by atoms with Gasteiger partial charge in [-0.2, -0.15) is 0 Å². The van der Waals surface area contributed by atoms with Crippen LogP contribution < -0.4 is 4.87 Å². The number of hydrogen-bond acceptors (Lipinski definition) is 5. The van der Waals surface area contributed by atoms with Crippen molar-refractivity contribution in [2.24, 2.45) is 0 Å². The van der Waals surface area contributed by atoms with Crippen molar-refractivity contribution in [1.82, 2.24) is 18.9 Å². The third-order valence-corrected chi connectivity index (χ3v) is 5.80. The lowest BCUT2D eigenvalue weighted by molar-refractivity contribution is -0.131. The van der Waals surface area contributed by atoms with Crippen molar-refractivity contribution in [3.63, 3.8) is 0 Å². The molecule has 0 atom stereocenters. The summed E-state index contributed by atoms with van der Waals surface area (Å²) in [5.41, 5.74) is 2.79. The Morgan fingerprint density at radius 3 is 2.74 bits per heavy atom. The van der Waals surface area contributed by atoms with Crippen LogP contribution in [0.2, 0.25) is 0 Å². The van der Waals surface area contributed by atoms with Crippen LogP contribution in [-0.4, -0.2) is 31.8 Å². The van der Waals surface area contributed by atoms with Crippen LogP contribution >= 0.6 is 22.7 Å². The number of aryl methyl sites for hydroxylation is 2. The Bertz CT molecular complexity index is 931. The summed E-state index contributed by atoms with van der Waals surface area (Å²) in [6.45, 7) is 6.27. The minimum Gasteiger partial charge on any atom is -0.338 e. The van der Waals surface area contributed by atoms with Gasteiger partial charge in [-0.05, 0) is 20.8 Å². The summed E-state index contributed by atoms with van der Waals surface area (Å²) in [6.07, 6.45) is 1.96. The first-order valence-electron chi connectivity index (χ1n) is 7.20. The number of fused-ring (bicyclic) bond motifs is 1. The molecule has 0 spiro atoms. The largest absolute Gasteiger partial charge is 0.338 e. The molecule has 0 fully saturated rings. The summed E-state index contributed by atoms with van der Waals surface area (Å²) in [5, 5.41) is 1.98. The molecule has 0 bridgehead atoms. The monoisotopic (exact) mass is 350 g/mol. The van der Waals surface area contributed by atoms with Gasteiger partial charge in [-0.15, -0.1) is 11.3 Å². The average molecular weight is 350 g/mol. The van der Waals surface area contributed by atoms with E-state index >= 15 is 0 Å². The fraction of sp³-hybridized carbons (Fsp3) is 0.400. The van der Waals surface area contributed by atoms with Crippen LogP contribution in [0.15, 0.2) is 16.4 Å². The molecule has 23 heavy (non-hydrogen) atoms. The highest BCUT2D eigenvalue weighted by Gasteiger charge is 2.18. The number of rotatable bonds is 4. The molecule has 3 heterocycles. The van der Waals surface area contributed by atoms with Crippen LogP contribution in [0.1, 0.15) is 22.0 Å². The zero-order valence-corrected chi connectivity index (χ0v) is 15.1. The Hall–Kier alpha value is -1.93. The Morgan fingerprint density at radius 2 is 2.09 bits per heavy atom. The van der Waals surface area contributed by atoms with E-state index in [0.717, 1.165) is 26.9 Å². The molecule has 0 saturated carbocycles. The van der Waals surface area contributed by atoms with Gasteiger partial charge < -0.3 is 4.90 Å². The van der Waals surface area contributed by atoms with Crippen molar-refractivity contribution in [1.29, 1.82) is 0 Å². The van der Waals surface area contributed by atoms with Gasteiger partial charge in [-0.25, -0.2) is 4.98 Å². The van der Waals surface area contributed by atoms with Crippen LogP contribution in [0.5, 0.6) is 0 Å². The van der Waals surface area contributed by atoms with E-state index < -0.39 is 0 Å². The van der Waals surface area contributed by atoms with Crippen molar-refractivity contribution in [2.75, 3.05) is 7.05 Å². The van der Waals surface area contributed by atoms with Crippen LogP contribution in [0.25, 0.3) is 4.96 Å². The summed E-state index contributed by atoms with van der Waals surface area (Å²) in [5.74, 6) is -0.0856. The van der Waals surface area contributed by atoms with Crippen molar-refractivity contribution in [2.45, 2.75) is 33.9 Å². The van der Waals surface area contributed by atoms with E-state index in [1.807, 2.05) is 36.7 Å². The molecule has 0 unspecified atom stereocenters. The molecule has 0 saturated heterocycles.